The lowest BCUT2D eigenvalue weighted by molar-refractivity contribution is 0.594. The third kappa shape index (κ3) is 2.60. The van der Waals surface area contributed by atoms with Gasteiger partial charge in [0.15, 0.2) is 0 Å². The van der Waals surface area contributed by atoms with E-state index in [0.29, 0.717) is 5.69 Å². The zero-order chi connectivity index (χ0) is 14.8. The van der Waals surface area contributed by atoms with Crippen molar-refractivity contribution in [3.63, 3.8) is 0 Å². The first-order valence-electron chi connectivity index (χ1n) is 5.98. The van der Waals surface area contributed by atoms with Gasteiger partial charge in [0.05, 0.1) is 11.4 Å². The van der Waals surface area contributed by atoms with Crippen LogP contribution in [0.3, 0.4) is 0 Å². The van der Waals surface area contributed by atoms with Crippen molar-refractivity contribution in [1.29, 1.82) is 0 Å². The van der Waals surface area contributed by atoms with Crippen LogP contribution >= 0.6 is 0 Å². The summed E-state index contributed by atoms with van der Waals surface area (Å²) in [4.78, 5) is 0.147. The van der Waals surface area contributed by atoms with Crippen LogP contribution in [0, 0.1) is 5.82 Å². The van der Waals surface area contributed by atoms with E-state index >= 15 is 0 Å². The number of rotatable bonds is 4. The predicted molar refractivity (Wildman–Crippen MR) is 78.0 cm³/mol. The van der Waals surface area contributed by atoms with Crippen molar-refractivity contribution < 1.29 is 12.8 Å². The average Bonchev–Trinajstić information content (AvgIpc) is 2.46. The van der Waals surface area contributed by atoms with Gasteiger partial charge in [-0.05, 0) is 30.3 Å². The first-order valence-corrected chi connectivity index (χ1v) is 7.42. The highest BCUT2D eigenvalue weighted by atomic mass is 32.2. The highest BCUT2D eigenvalue weighted by Crippen LogP contribution is 2.27. The Morgan fingerprint density at radius 3 is 2.45 bits per heavy atom. The van der Waals surface area contributed by atoms with Crippen molar-refractivity contribution in [1.82, 2.24) is 0 Å². The van der Waals surface area contributed by atoms with Crippen LogP contribution in [0.25, 0.3) is 0 Å². The van der Waals surface area contributed by atoms with Crippen molar-refractivity contribution in [2.24, 2.45) is 0 Å². The van der Waals surface area contributed by atoms with Gasteiger partial charge in [-0.3, -0.25) is 4.31 Å². The number of benzene rings is 2. The second kappa shape index (κ2) is 5.50. The Bertz CT molecular complexity index is 717. The molecule has 0 fully saturated rings. The molecule has 106 valence electrons. The van der Waals surface area contributed by atoms with Crippen LogP contribution in [0.5, 0.6) is 0 Å². The van der Waals surface area contributed by atoms with Crippen LogP contribution in [-0.4, -0.2) is 22.5 Å². The molecule has 0 spiro atoms. The molecule has 0 aromatic heterocycles. The molecule has 4 nitrogen and oxygen atoms in total. The Balaban J connectivity index is 2.50. The van der Waals surface area contributed by atoms with E-state index in [4.69, 9.17) is 0 Å². The number of halogens is 1. The summed E-state index contributed by atoms with van der Waals surface area (Å²) in [7, 11) is -0.699. The van der Waals surface area contributed by atoms with E-state index in [1.807, 2.05) is 0 Å². The number of anilines is 2. The minimum atomic E-state index is -3.75. The fraction of sp³-hybridized carbons (Fsp3) is 0.143. The van der Waals surface area contributed by atoms with Crippen LogP contribution in [-0.2, 0) is 10.0 Å². The molecule has 0 aliphatic heterocycles. The van der Waals surface area contributed by atoms with E-state index in [2.05, 4.69) is 5.32 Å². The summed E-state index contributed by atoms with van der Waals surface area (Å²) in [6, 6.07) is 12.0. The van der Waals surface area contributed by atoms with Crippen LogP contribution in [0.15, 0.2) is 53.4 Å². The minimum absolute atomic E-state index is 0.147. The molecule has 1 N–H and O–H groups in total. The van der Waals surface area contributed by atoms with Crippen molar-refractivity contribution in [2.75, 3.05) is 23.7 Å². The van der Waals surface area contributed by atoms with E-state index in [-0.39, 0.29) is 10.6 Å². The zero-order valence-corrected chi connectivity index (χ0v) is 12.0. The van der Waals surface area contributed by atoms with Gasteiger partial charge in [-0.1, -0.05) is 18.2 Å². The molecule has 20 heavy (non-hydrogen) atoms. The van der Waals surface area contributed by atoms with Gasteiger partial charge in [0, 0.05) is 14.1 Å². The molecule has 0 atom stereocenters. The van der Waals surface area contributed by atoms with Crippen molar-refractivity contribution in [2.45, 2.75) is 4.90 Å². The molecule has 6 heteroatoms. The van der Waals surface area contributed by atoms with Crippen LogP contribution < -0.4 is 9.62 Å². The average molecular weight is 294 g/mol. The molecule has 0 heterocycles. The van der Waals surface area contributed by atoms with E-state index in [9.17, 15) is 12.8 Å². The summed E-state index contributed by atoms with van der Waals surface area (Å²) in [5.41, 5.74) is 0.770. The zero-order valence-electron chi connectivity index (χ0n) is 11.2. The third-order valence-corrected chi connectivity index (χ3v) is 4.81. The fourth-order valence-corrected chi connectivity index (χ4v) is 3.24. The summed E-state index contributed by atoms with van der Waals surface area (Å²) >= 11 is 0. The lowest BCUT2D eigenvalue weighted by Gasteiger charge is -2.21. The van der Waals surface area contributed by atoms with Gasteiger partial charge in [0.25, 0.3) is 10.0 Å². The predicted octanol–water partition coefficient (Wildman–Crippen LogP) is 2.69. The molecular weight excluding hydrogens is 279 g/mol. The normalized spacial score (nSPS) is 11.2. The third-order valence-electron chi connectivity index (χ3n) is 2.97. The quantitative estimate of drug-likeness (QED) is 0.943. The fourth-order valence-electron chi connectivity index (χ4n) is 1.86. The summed E-state index contributed by atoms with van der Waals surface area (Å²) in [6.07, 6.45) is 0. The van der Waals surface area contributed by atoms with Crippen molar-refractivity contribution in [3.8, 4) is 0 Å². The number of nitrogens with one attached hydrogen (secondary N) is 1. The van der Waals surface area contributed by atoms with Gasteiger partial charge < -0.3 is 5.32 Å². The topological polar surface area (TPSA) is 49.4 Å². The molecule has 2 rings (SSSR count). The molecular formula is C14H15FN2O2S. The molecule has 0 amide bonds. The maximum absolute atomic E-state index is 13.2. The van der Waals surface area contributed by atoms with Gasteiger partial charge in [0.1, 0.15) is 10.7 Å². The van der Waals surface area contributed by atoms with E-state index in [0.717, 1.165) is 4.31 Å². The van der Waals surface area contributed by atoms with Gasteiger partial charge in [0.2, 0.25) is 0 Å². The SMILES string of the molecule is CNc1ccccc1S(=O)(=O)N(C)c1cccc(F)c1. The van der Waals surface area contributed by atoms with Crippen LogP contribution in [0.4, 0.5) is 15.8 Å². The summed E-state index contributed by atoms with van der Waals surface area (Å²) < 4.78 is 39.5. The van der Waals surface area contributed by atoms with Crippen molar-refractivity contribution in [3.05, 3.63) is 54.3 Å². The number of sulfonamides is 1. The van der Waals surface area contributed by atoms with Gasteiger partial charge in [-0.2, -0.15) is 0 Å². The molecule has 0 radical (unpaired) electrons. The lowest BCUT2D eigenvalue weighted by Crippen LogP contribution is -2.27. The molecule has 0 aliphatic rings. The standard InChI is InChI=1S/C14H15FN2O2S/c1-16-13-8-3-4-9-14(13)20(18,19)17(2)12-7-5-6-11(15)10-12/h3-10,16H,1-2H3. The number of hydrogen-bond acceptors (Lipinski definition) is 3. The minimum Gasteiger partial charge on any atom is -0.387 e. The molecule has 0 aliphatic carbocycles. The monoisotopic (exact) mass is 294 g/mol. The summed E-state index contributed by atoms with van der Waals surface area (Å²) in [5.74, 6) is -0.480. The lowest BCUT2D eigenvalue weighted by atomic mass is 10.3. The molecule has 2 aromatic carbocycles. The van der Waals surface area contributed by atoms with Crippen LogP contribution in [0.2, 0.25) is 0 Å². The largest absolute Gasteiger partial charge is 0.387 e. The first-order chi connectivity index (χ1) is 9.46. The van der Waals surface area contributed by atoms with E-state index in [1.54, 1.807) is 31.3 Å². The Morgan fingerprint density at radius 2 is 1.80 bits per heavy atom. The molecule has 2 aromatic rings. The summed E-state index contributed by atoms with van der Waals surface area (Å²) in [5, 5.41) is 2.84. The molecule has 0 saturated heterocycles. The smallest absolute Gasteiger partial charge is 0.266 e. The Labute approximate surface area is 117 Å². The highest BCUT2D eigenvalue weighted by molar-refractivity contribution is 7.93. The second-order valence-corrected chi connectivity index (χ2v) is 6.14. The van der Waals surface area contributed by atoms with Gasteiger partial charge >= 0.3 is 0 Å². The van der Waals surface area contributed by atoms with Crippen LogP contribution in [0.1, 0.15) is 0 Å². The Morgan fingerprint density at radius 1 is 1.10 bits per heavy atom. The number of nitrogens with zero attached hydrogens (tertiary/aromatic N) is 1. The Hall–Kier alpha value is -2.08. The maximum atomic E-state index is 13.2. The highest BCUT2D eigenvalue weighted by Gasteiger charge is 2.24. The second-order valence-electron chi connectivity index (χ2n) is 4.20. The van der Waals surface area contributed by atoms with E-state index in [1.165, 1.54) is 31.3 Å². The van der Waals surface area contributed by atoms with Gasteiger partial charge in [-0.15, -0.1) is 0 Å². The van der Waals surface area contributed by atoms with E-state index < -0.39 is 15.8 Å². The molecule has 0 unspecified atom stereocenters. The molecule has 0 saturated carbocycles. The molecule has 0 bridgehead atoms. The number of hydrogen-bond donors (Lipinski definition) is 1. The van der Waals surface area contributed by atoms with Crippen molar-refractivity contribution >= 4 is 21.4 Å². The first kappa shape index (κ1) is 14.3. The van der Waals surface area contributed by atoms with Gasteiger partial charge in [-0.25, -0.2) is 12.8 Å². The Kier molecular flexibility index (Phi) is 3.94. The summed E-state index contributed by atoms with van der Waals surface area (Å²) in [6.45, 7) is 0. The maximum Gasteiger partial charge on any atom is 0.266 e. The number of para-hydroxylation sites is 1.